The number of nitrogens with one attached hydrogen (secondary N) is 1. The summed E-state index contributed by atoms with van der Waals surface area (Å²) in [6, 6.07) is 8.04. The van der Waals surface area contributed by atoms with Crippen molar-refractivity contribution in [2.75, 3.05) is 14.2 Å². The summed E-state index contributed by atoms with van der Waals surface area (Å²) < 4.78 is 11.3. The van der Waals surface area contributed by atoms with Crippen molar-refractivity contribution in [1.82, 2.24) is 15.3 Å². The Hall–Kier alpha value is -2.14. The topological polar surface area (TPSA) is 56.3 Å². The lowest BCUT2D eigenvalue weighted by atomic mass is 10.0. The van der Waals surface area contributed by atoms with Crippen LogP contribution in [0.2, 0.25) is 0 Å². The molecule has 0 saturated carbocycles. The van der Waals surface area contributed by atoms with Crippen molar-refractivity contribution in [3.63, 3.8) is 0 Å². The third-order valence-electron chi connectivity index (χ3n) is 3.53. The number of fused-ring (bicyclic) bond motifs is 1. The third-order valence-corrected chi connectivity index (χ3v) is 3.53. The monoisotopic (exact) mass is 271 g/mol. The molecule has 2 unspecified atom stereocenters. The highest BCUT2D eigenvalue weighted by atomic mass is 16.5. The average molecular weight is 271 g/mol. The largest absolute Gasteiger partial charge is 0.488 e. The summed E-state index contributed by atoms with van der Waals surface area (Å²) in [7, 11) is 3.50. The second kappa shape index (κ2) is 5.46. The maximum atomic E-state index is 6.03. The van der Waals surface area contributed by atoms with E-state index in [4.69, 9.17) is 9.47 Å². The Morgan fingerprint density at radius 3 is 2.85 bits per heavy atom. The molecule has 1 aromatic carbocycles. The van der Waals surface area contributed by atoms with E-state index in [2.05, 4.69) is 21.4 Å². The quantitative estimate of drug-likeness (QED) is 0.918. The van der Waals surface area contributed by atoms with Gasteiger partial charge in [-0.2, -0.15) is 0 Å². The Kier molecular flexibility index (Phi) is 3.52. The summed E-state index contributed by atoms with van der Waals surface area (Å²) in [6.45, 7) is 0. The number of para-hydroxylation sites is 1. The number of methoxy groups -OCH3 is 1. The molecule has 0 amide bonds. The maximum Gasteiger partial charge on any atom is 0.237 e. The molecule has 5 nitrogen and oxygen atoms in total. The molecule has 5 heteroatoms. The van der Waals surface area contributed by atoms with E-state index in [9.17, 15) is 0 Å². The second-order valence-corrected chi connectivity index (χ2v) is 4.69. The number of rotatable bonds is 4. The smallest absolute Gasteiger partial charge is 0.237 e. The molecule has 2 heterocycles. The zero-order valence-electron chi connectivity index (χ0n) is 11.5. The molecule has 0 bridgehead atoms. The maximum absolute atomic E-state index is 6.03. The minimum absolute atomic E-state index is 0.0111. The van der Waals surface area contributed by atoms with Gasteiger partial charge in [0, 0.05) is 18.8 Å². The highest BCUT2D eigenvalue weighted by molar-refractivity contribution is 5.38. The number of hydrogen-bond donors (Lipinski definition) is 1. The van der Waals surface area contributed by atoms with Gasteiger partial charge in [0.15, 0.2) is 0 Å². The van der Waals surface area contributed by atoms with Crippen LogP contribution >= 0.6 is 0 Å². The predicted molar refractivity (Wildman–Crippen MR) is 74.9 cm³/mol. The molecule has 1 N–H and O–H groups in total. The van der Waals surface area contributed by atoms with E-state index in [0.29, 0.717) is 5.88 Å². The molecule has 1 aliphatic heterocycles. The number of likely N-dealkylation sites (N-methyl/N-ethyl adjacent to an activating group) is 1. The number of ether oxygens (including phenoxy) is 2. The van der Waals surface area contributed by atoms with Crippen molar-refractivity contribution in [2.24, 2.45) is 0 Å². The van der Waals surface area contributed by atoms with Crippen molar-refractivity contribution in [1.29, 1.82) is 0 Å². The van der Waals surface area contributed by atoms with Crippen LogP contribution in [0.15, 0.2) is 36.7 Å². The first-order chi connectivity index (χ1) is 9.83. The number of nitrogens with zero attached hydrogens (tertiary/aromatic N) is 2. The van der Waals surface area contributed by atoms with E-state index >= 15 is 0 Å². The van der Waals surface area contributed by atoms with Gasteiger partial charge in [-0.3, -0.25) is 4.98 Å². The van der Waals surface area contributed by atoms with Crippen LogP contribution in [0, 0.1) is 0 Å². The Morgan fingerprint density at radius 2 is 2.10 bits per heavy atom. The fourth-order valence-corrected chi connectivity index (χ4v) is 2.60. The zero-order valence-corrected chi connectivity index (χ0v) is 11.5. The lowest BCUT2D eigenvalue weighted by Crippen LogP contribution is -2.33. The van der Waals surface area contributed by atoms with Crippen LogP contribution in [0.5, 0.6) is 11.6 Å². The molecule has 1 aliphatic rings. The summed E-state index contributed by atoms with van der Waals surface area (Å²) in [5.74, 6) is 1.48. The van der Waals surface area contributed by atoms with Crippen molar-refractivity contribution < 1.29 is 9.47 Å². The van der Waals surface area contributed by atoms with Crippen LogP contribution in [-0.4, -0.2) is 30.2 Å². The fraction of sp³-hybridized carbons (Fsp3) is 0.333. The van der Waals surface area contributed by atoms with Crippen LogP contribution < -0.4 is 14.8 Å². The molecule has 3 rings (SSSR count). The van der Waals surface area contributed by atoms with Gasteiger partial charge in [0.2, 0.25) is 5.88 Å². The lowest BCUT2D eigenvalue weighted by molar-refractivity contribution is 0.178. The Labute approximate surface area is 118 Å². The summed E-state index contributed by atoms with van der Waals surface area (Å²) in [5.41, 5.74) is 2.00. The van der Waals surface area contributed by atoms with Gasteiger partial charge in [-0.15, -0.1) is 0 Å². The summed E-state index contributed by atoms with van der Waals surface area (Å²) in [5, 5.41) is 3.26. The van der Waals surface area contributed by atoms with Crippen LogP contribution in [0.3, 0.4) is 0 Å². The van der Waals surface area contributed by atoms with E-state index in [0.717, 1.165) is 17.9 Å². The predicted octanol–water partition coefficient (Wildman–Crippen LogP) is 1.75. The van der Waals surface area contributed by atoms with E-state index in [-0.39, 0.29) is 12.1 Å². The summed E-state index contributed by atoms with van der Waals surface area (Å²) in [6.07, 6.45) is 4.13. The van der Waals surface area contributed by atoms with Crippen LogP contribution in [0.25, 0.3) is 0 Å². The molecule has 2 atom stereocenters. The van der Waals surface area contributed by atoms with Crippen LogP contribution in [0.1, 0.15) is 17.3 Å². The number of aromatic nitrogens is 2. The van der Waals surface area contributed by atoms with E-state index in [1.54, 1.807) is 19.5 Å². The van der Waals surface area contributed by atoms with Gasteiger partial charge in [-0.1, -0.05) is 18.2 Å². The highest BCUT2D eigenvalue weighted by Gasteiger charge is 2.33. The minimum Gasteiger partial charge on any atom is -0.488 e. The summed E-state index contributed by atoms with van der Waals surface area (Å²) in [4.78, 5) is 8.60. The molecule has 0 spiro atoms. The molecular formula is C15H17N3O2. The van der Waals surface area contributed by atoms with Crippen molar-refractivity contribution in [3.8, 4) is 11.6 Å². The van der Waals surface area contributed by atoms with Gasteiger partial charge in [0.25, 0.3) is 0 Å². The average Bonchev–Trinajstić information content (AvgIpc) is 2.92. The SMILES string of the molecule is CNC(c1nccnc1OC)C1Cc2ccccc2O1. The second-order valence-electron chi connectivity index (χ2n) is 4.69. The van der Waals surface area contributed by atoms with Crippen molar-refractivity contribution >= 4 is 0 Å². The molecule has 1 aromatic heterocycles. The molecule has 104 valence electrons. The van der Waals surface area contributed by atoms with E-state index < -0.39 is 0 Å². The lowest BCUT2D eigenvalue weighted by Gasteiger charge is -2.23. The molecular weight excluding hydrogens is 254 g/mol. The van der Waals surface area contributed by atoms with Gasteiger partial charge in [0.1, 0.15) is 17.5 Å². The third kappa shape index (κ3) is 2.20. The summed E-state index contributed by atoms with van der Waals surface area (Å²) >= 11 is 0. The van der Waals surface area contributed by atoms with Gasteiger partial charge in [0.05, 0.1) is 13.2 Å². The fourth-order valence-electron chi connectivity index (χ4n) is 2.60. The van der Waals surface area contributed by atoms with Gasteiger partial charge in [-0.05, 0) is 18.7 Å². The number of benzene rings is 1. The first kappa shape index (κ1) is 12.9. The van der Waals surface area contributed by atoms with Gasteiger partial charge in [-0.25, -0.2) is 4.98 Å². The Balaban J connectivity index is 1.89. The molecule has 2 aromatic rings. The van der Waals surface area contributed by atoms with Crippen molar-refractivity contribution in [2.45, 2.75) is 18.6 Å². The Bertz CT molecular complexity index is 578. The molecule has 20 heavy (non-hydrogen) atoms. The molecule has 0 saturated heterocycles. The van der Waals surface area contributed by atoms with Crippen molar-refractivity contribution in [3.05, 3.63) is 47.9 Å². The molecule has 0 aliphatic carbocycles. The van der Waals surface area contributed by atoms with E-state index in [1.165, 1.54) is 5.56 Å². The first-order valence-electron chi connectivity index (χ1n) is 6.60. The number of hydrogen-bond acceptors (Lipinski definition) is 5. The highest BCUT2D eigenvalue weighted by Crippen LogP contribution is 2.35. The van der Waals surface area contributed by atoms with Crippen LogP contribution in [-0.2, 0) is 6.42 Å². The first-order valence-corrected chi connectivity index (χ1v) is 6.60. The minimum atomic E-state index is -0.0638. The van der Waals surface area contributed by atoms with Gasteiger partial charge < -0.3 is 14.8 Å². The standard InChI is InChI=1S/C15H17N3O2/c1-16-13(14-15(19-2)18-8-7-17-14)12-9-10-5-3-4-6-11(10)20-12/h3-8,12-13,16H,9H2,1-2H3. The molecule has 0 fully saturated rings. The Morgan fingerprint density at radius 1 is 1.30 bits per heavy atom. The normalized spacial score (nSPS) is 18.2. The molecule has 0 radical (unpaired) electrons. The van der Waals surface area contributed by atoms with E-state index in [1.807, 2.05) is 25.2 Å². The van der Waals surface area contributed by atoms with Crippen LogP contribution in [0.4, 0.5) is 0 Å². The van der Waals surface area contributed by atoms with Gasteiger partial charge >= 0.3 is 0 Å². The zero-order chi connectivity index (χ0) is 13.9.